The second kappa shape index (κ2) is 8.41. The largest absolute Gasteiger partial charge is 0.379 e. The van der Waals surface area contributed by atoms with Gasteiger partial charge in [-0.3, -0.25) is 9.69 Å². The summed E-state index contributed by atoms with van der Waals surface area (Å²) in [6, 6.07) is 3.26. The first-order valence-electron chi connectivity index (χ1n) is 8.10. The summed E-state index contributed by atoms with van der Waals surface area (Å²) in [5, 5.41) is 2.75. The molecular formula is C15H25N4O4S+. The molecule has 0 aliphatic carbocycles. The highest BCUT2D eigenvalue weighted by molar-refractivity contribution is 7.89. The molecule has 1 aromatic heterocycles. The van der Waals surface area contributed by atoms with Crippen LogP contribution < -0.4 is 15.2 Å². The van der Waals surface area contributed by atoms with Gasteiger partial charge in [0.15, 0.2) is 6.54 Å². The van der Waals surface area contributed by atoms with Crippen molar-refractivity contribution in [2.75, 3.05) is 50.8 Å². The first kappa shape index (κ1) is 18.6. The van der Waals surface area contributed by atoms with Crippen molar-refractivity contribution < 1.29 is 22.9 Å². The van der Waals surface area contributed by atoms with E-state index in [0.717, 1.165) is 0 Å². The van der Waals surface area contributed by atoms with Gasteiger partial charge in [0, 0.05) is 25.7 Å². The smallest absolute Gasteiger partial charge is 0.274 e. The molecule has 1 aliphatic heterocycles. The summed E-state index contributed by atoms with van der Waals surface area (Å²) in [7, 11) is -3.52. The lowest BCUT2D eigenvalue weighted by atomic mass is 10.4. The third kappa shape index (κ3) is 4.43. The predicted molar refractivity (Wildman–Crippen MR) is 89.1 cm³/mol. The number of ether oxygens (including phenoxy) is 1. The summed E-state index contributed by atoms with van der Waals surface area (Å²) in [5.41, 5.74) is 0. The van der Waals surface area contributed by atoms with Crippen molar-refractivity contribution >= 4 is 21.7 Å². The monoisotopic (exact) mass is 357 g/mol. The normalized spacial score (nSPS) is 15.9. The van der Waals surface area contributed by atoms with Crippen molar-refractivity contribution in [1.29, 1.82) is 0 Å². The van der Waals surface area contributed by atoms with Crippen LogP contribution in [0, 0.1) is 0 Å². The molecule has 24 heavy (non-hydrogen) atoms. The average molecular weight is 357 g/mol. The molecule has 9 heteroatoms. The number of rotatable bonds is 7. The molecule has 0 bridgehead atoms. The van der Waals surface area contributed by atoms with E-state index in [2.05, 4.69) is 10.3 Å². The highest BCUT2D eigenvalue weighted by Gasteiger charge is 2.28. The number of H-pyrrole nitrogens is 1. The van der Waals surface area contributed by atoms with E-state index in [-0.39, 0.29) is 17.3 Å². The minimum absolute atomic E-state index is 0.0715. The van der Waals surface area contributed by atoms with Crippen molar-refractivity contribution in [1.82, 2.24) is 9.62 Å². The number of anilines is 1. The molecule has 1 amide bonds. The van der Waals surface area contributed by atoms with Gasteiger partial charge in [0.05, 0.1) is 19.8 Å². The van der Waals surface area contributed by atoms with Gasteiger partial charge in [-0.2, -0.15) is 4.31 Å². The third-order valence-corrected chi connectivity index (χ3v) is 5.70. The molecule has 2 heterocycles. The molecule has 2 N–H and O–H groups in total. The lowest BCUT2D eigenvalue weighted by Gasteiger charge is -2.25. The molecule has 8 nitrogen and oxygen atoms in total. The zero-order chi connectivity index (χ0) is 17.6. The van der Waals surface area contributed by atoms with E-state index in [0.29, 0.717) is 45.2 Å². The van der Waals surface area contributed by atoms with Crippen LogP contribution >= 0.6 is 0 Å². The summed E-state index contributed by atoms with van der Waals surface area (Å²) in [4.78, 5) is 16.8. The Kier molecular flexibility index (Phi) is 6.52. The van der Waals surface area contributed by atoms with Crippen molar-refractivity contribution in [3.63, 3.8) is 0 Å². The maximum Gasteiger partial charge on any atom is 0.274 e. The zero-order valence-corrected chi connectivity index (χ0v) is 14.9. The maximum atomic E-state index is 12.6. The van der Waals surface area contributed by atoms with Crippen LogP contribution in [0.2, 0.25) is 0 Å². The standard InChI is InChI=1S/C15H24N4O4S/c1-3-16-15(20)12-18(4-2)14-6-5-13(11-17-14)24(21,22)19-7-9-23-10-8-19/h5-6,11H,3-4,7-10,12H2,1-2H3,(H,16,20)/p+1. The van der Waals surface area contributed by atoms with Crippen LogP contribution in [0.1, 0.15) is 13.8 Å². The van der Waals surface area contributed by atoms with E-state index in [1.54, 1.807) is 12.1 Å². The molecule has 134 valence electrons. The SMILES string of the molecule is CCNC(=O)CN(CC)c1ccc(S(=O)(=O)N2CCOCC2)c[nH+]1. The Hall–Kier alpha value is -1.71. The highest BCUT2D eigenvalue weighted by Crippen LogP contribution is 2.17. The molecule has 0 atom stereocenters. The van der Waals surface area contributed by atoms with E-state index in [9.17, 15) is 13.2 Å². The molecule has 1 saturated heterocycles. The van der Waals surface area contributed by atoms with Gasteiger partial charge in [-0.15, -0.1) is 0 Å². The van der Waals surface area contributed by atoms with Crippen LogP contribution in [0.25, 0.3) is 0 Å². The number of likely N-dealkylation sites (N-methyl/N-ethyl adjacent to an activating group) is 2. The number of sulfonamides is 1. The number of aromatic amines is 1. The van der Waals surface area contributed by atoms with Crippen LogP contribution in [0.15, 0.2) is 23.2 Å². The van der Waals surface area contributed by atoms with Crippen LogP contribution in [0.5, 0.6) is 0 Å². The maximum absolute atomic E-state index is 12.6. The number of aromatic nitrogens is 1. The average Bonchev–Trinajstić information content (AvgIpc) is 2.61. The molecular weight excluding hydrogens is 332 g/mol. The van der Waals surface area contributed by atoms with Gasteiger partial charge in [0.1, 0.15) is 11.1 Å². The van der Waals surface area contributed by atoms with Gasteiger partial charge in [0.2, 0.25) is 10.0 Å². The van der Waals surface area contributed by atoms with Gasteiger partial charge >= 0.3 is 0 Å². The summed E-state index contributed by atoms with van der Waals surface area (Å²) < 4.78 is 31.8. The Morgan fingerprint density at radius 3 is 2.58 bits per heavy atom. The summed E-state index contributed by atoms with van der Waals surface area (Å²) in [6.45, 7) is 6.78. The molecule has 2 rings (SSSR count). The number of hydrogen-bond donors (Lipinski definition) is 1. The minimum atomic E-state index is -3.52. The van der Waals surface area contributed by atoms with Crippen LogP contribution in [-0.4, -0.2) is 64.6 Å². The van der Waals surface area contributed by atoms with E-state index in [1.807, 2.05) is 18.7 Å². The summed E-state index contributed by atoms with van der Waals surface area (Å²) in [6.07, 6.45) is 1.47. The fourth-order valence-electron chi connectivity index (χ4n) is 2.49. The number of amides is 1. The van der Waals surface area contributed by atoms with E-state index in [4.69, 9.17) is 4.74 Å². The second-order valence-corrected chi connectivity index (χ2v) is 7.33. The number of morpholine rings is 1. The Balaban J connectivity index is 2.12. The Bertz CT molecular complexity index is 642. The predicted octanol–water partition coefficient (Wildman–Crippen LogP) is -0.516. The van der Waals surface area contributed by atoms with Gasteiger partial charge in [-0.25, -0.2) is 13.4 Å². The van der Waals surface area contributed by atoms with E-state index in [1.165, 1.54) is 10.5 Å². The Morgan fingerprint density at radius 2 is 2.04 bits per heavy atom. The Labute approximate surface area is 142 Å². The number of nitrogens with zero attached hydrogens (tertiary/aromatic N) is 2. The van der Waals surface area contributed by atoms with Crippen LogP contribution in [0.3, 0.4) is 0 Å². The first-order chi connectivity index (χ1) is 11.5. The van der Waals surface area contributed by atoms with Crippen LogP contribution in [-0.2, 0) is 19.6 Å². The molecule has 1 fully saturated rings. The molecule has 1 aliphatic rings. The lowest BCUT2D eigenvalue weighted by Crippen LogP contribution is -2.41. The molecule has 0 unspecified atom stereocenters. The van der Waals surface area contributed by atoms with E-state index >= 15 is 0 Å². The zero-order valence-electron chi connectivity index (χ0n) is 14.1. The number of carbonyl (C=O) groups excluding carboxylic acids is 1. The molecule has 0 saturated carbocycles. The van der Waals surface area contributed by atoms with Gasteiger partial charge in [0.25, 0.3) is 11.7 Å². The van der Waals surface area contributed by atoms with Crippen molar-refractivity contribution in [2.24, 2.45) is 0 Å². The minimum Gasteiger partial charge on any atom is -0.379 e. The van der Waals surface area contributed by atoms with Crippen LogP contribution in [0.4, 0.5) is 5.82 Å². The molecule has 0 radical (unpaired) electrons. The third-order valence-electron chi connectivity index (χ3n) is 3.81. The van der Waals surface area contributed by atoms with E-state index < -0.39 is 10.0 Å². The molecule has 0 aromatic carbocycles. The van der Waals surface area contributed by atoms with Gasteiger partial charge < -0.3 is 10.1 Å². The number of nitrogens with one attached hydrogen (secondary N) is 2. The fourth-order valence-corrected chi connectivity index (χ4v) is 3.87. The fraction of sp³-hybridized carbons (Fsp3) is 0.600. The van der Waals surface area contributed by atoms with Gasteiger partial charge in [-0.05, 0) is 19.9 Å². The molecule has 1 aromatic rings. The number of pyridine rings is 1. The van der Waals surface area contributed by atoms with Crippen molar-refractivity contribution in [3.8, 4) is 0 Å². The number of carbonyl (C=O) groups is 1. The summed E-state index contributed by atoms with van der Waals surface area (Å²) >= 11 is 0. The lowest BCUT2D eigenvalue weighted by molar-refractivity contribution is -0.367. The number of hydrogen-bond acceptors (Lipinski definition) is 5. The van der Waals surface area contributed by atoms with Gasteiger partial charge in [-0.1, -0.05) is 0 Å². The second-order valence-electron chi connectivity index (χ2n) is 5.39. The van der Waals surface area contributed by atoms with Crippen molar-refractivity contribution in [3.05, 3.63) is 18.3 Å². The Morgan fingerprint density at radius 1 is 1.33 bits per heavy atom. The highest BCUT2D eigenvalue weighted by atomic mass is 32.2. The first-order valence-corrected chi connectivity index (χ1v) is 9.54. The summed E-state index contributed by atoms with van der Waals surface area (Å²) in [5.74, 6) is 0.627. The van der Waals surface area contributed by atoms with Crippen molar-refractivity contribution in [2.45, 2.75) is 18.7 Å². The topological polar surface area (TPSA) is 93.1 Å². The molecule has 0 spiro atoms. The quantitative estimate of drug-likeness (QED) is 0.709.